The smallest absolute Gasteiger partial charge is 0.211 e. The molecule has 0 heterocycles. The molecule has 0 saturated heterocycles. The van der Waals surface area contributed by atoms with Crippen molar-refractivity contribution in [2.45, 2.75) is 46.6 Å². The van der Waals surface area contributed by atoms with Gasteiger partial charge in [-0.2, -0.15) is 0 Å². The summed E-state index contributed by atoms with van der Waals surface area (Å²) in [6.07, 6.45) is 0.835. The lowest BCUT2D eigenvalue weighted by atomic mass is 9.93. The van der Waals surface area contributed by atoms with E-state index in [4.69, 9.17) is 0 Å². The third-order valence-corrected chi connectivity index (χ3v) is 4.69. The molecule has 0 aliphatic heterocycles. The fourth-order valence-electron chi connectivity index (χ4n) is 1.01. The van der Waals surface area contributed by atoms with Gasteiger partial charge in [-0.15, -0.1) is 0 Å². The normalized spacial score (nSPS) is 18.4. The molecule has 0 fully saturated rings. The van der Waals surface area contributed by atoms with Gasteiger partial charge in [0.15, 0.2) is 0 Å². The summed E-state index contributed by atoms with van der Waals surface area (Å²) < 4.78 is 25.8. The number of aliphatic hydroxyl groups is 1. The Hall–Kier alpha value is -0.130. The van der Waals surface area contributed by atoms with Crippen molar-refractivity contribution in [1.29, 1.82) is 0 Å². The first-order chi connectivity index (χ1) is 7.10. The second-order valence-electron chi connectivity index (χ2n) is 5.13. The molecule has 0 radical (unpaired) electrons. The molecule has 0 aromatic rings. The summed E-state index contributed by atoms with van der Waals surface area (Å²) in [6.45, 7) is 9.31. The molecule has 98 valence electrons. The number of nitrogens with one attached hydrogen (secondary N) is 1. The van der Waals surface area contributed by atoms with Crippen molar-refractivity contribution in [3.63, 3.8) is 0 Å². The molecule has 4 nitrogen and oxygen atoms in total. The molecule has 5 heteroatoms. The summed E-state index contributed by atoms with van der Waals surface area (Å²) in [5.74, 6) is 0.276. The highest BCUT2D eigenvalue weighted by Crippen LogP contribution is 2.15. The van der Waals surface area contributed by atoms with Crippen LogP contribution in [0.4, 0.5) is 0 Å². The monoisotopic (exact) mass is 251 g/mol. The van der Waals surface area contributed by atoms with Crippen molar-refractivity contribution in [2.24, 2.45) is 11.8 Å². The molecule has 0 spiro atoms. The van der Waals surface area contributed by atoms with Crippen LogP contribution in [-0.4, -0.2) is 31.4 Å². The SMILES string of the molecule is CCC(C)CS(=O)(=O)NCC(C)(O)C(C)C. The zero-order valence-electron chi connectivity index (χ0n) is 10.9. The first-order valence-electron chi connectivity index (χ1n) is 5.80. The Balaban J connectivity index is 4.30. The van der Waals surface area contributed by atoms with E-state index in [2.05, 4.69) is 4.72 Å². The van der Waals surface area contributed by atoms with Crippen LogP contribution in [0.1, 0.15) is 41.0 Å². The lowest BCUT2D eigenvalue weighted by Gasteiger charge is -2.28. The summed E-state index contributed by atoms with van der Waals surface area (Å²) >= 11 is 0. The van der Waals surface area contributed by atoms with Gasteiger partial charge in [-0.3, -0.25) is 0 Å². The van der Waals surface area contributed by atoms with E-state index in [-0.39, 0.29) is 24.1 Å². The van der Waals surface area contributed by atoms with Gasteiger partial charge < -0.3 is 5.11 Å². The van der Waals surface area contributed by atoms with E-state index in [1.54, 1.807) is 6.92 Å². The molecule has 0 aliphatic rings. The maximum absolute atomic E-state index is 11.6. The van der Waals surface area contributed by atoms with Gasteiger partial charge in [0.25, 0.3) is 0 Å². The van der Waals surface area contributed by atoms with Crippen LogP contribution in [0.2, 0.25) is 0 Å². The zero-order chi connectivity index (χ0) is 13.0. The lowest BCUT2D eigenvalue weighted by Crippen LogP contribution is -2.45. The number of rotatable bonds is 7. The summed E-state index contributed by atoms with van der Waals surface area (Å²) in [6, 6.07) is 0. The topological polar surface area (TPSA) is 66.4 Å². The molecular formula is C11H25NO3S. The molecule has 0 saturated carbocycles. The average Bonchev–Trinajstić information content (AvgIpc) is 2.14. The van der Waals surface area contributed by atoms with Gasteiger partial charge in [0, 0.05) is 6.54 Å². The minimum atomic E-state index is -3.27. The van der Waals surface area contributed by atoms with Gasteiger partial charge in [0.1, 0.15) is 0 Å². The fourth-order valence-corrected chi connectivity index (χ4v) is 2.63. The second kappa shape index (κ2) is 5.98. The Labute approximate surface area is 99.5 Å². The van der Waals surface area contributed by atoms with Crippen molar-refractivity contribution >= 4 is 10.0 Å². The molecule has 0 bridgehead atoms. The van der Waals surface area contributed by atoms with Gasteiger partial charge in [-0.1, -0.05) is 34.1 Å². The second-order valence-corrected chi connectivity index (χ2v) is 6.98. The Morgan fingerprint density at radius 2 is 1.81 bits per heavy atom. The van der Waals surface area contributed by atoms with E-state index in [0.29, 0.717) is 0 Å². The highest BCUT2D eigenvalue weighted by molar-refractivity contribution is 7.89. The van der Waals surface area contributed by atoms with Crippen LogP contribution >= 0.6 is 0 Å². The van der Waals surface area contributed by atoms with Crippen LogP contribution in [0.25, 0.3) is 0 Å². The minimum absolute atomic E-state index is 0.0128. The molecule has 2 N–H and O–H groups in total. The van der Waals surface area contributed by atoms with Gasteiger partial charge in [0.05, 0.1) is 11.4 Å². The lowest BCUT2D eigenvalue weighted by molar-refractivity contribution is 0.0190. The summed E-state index contributed by atoms with van der Waals surface area (Å²) in [7, 11) is -3.27. The molecule has 0 aromatic heterocycles. The van der Waals surface area contributed by atoms with Gasteiger partial charge >= 0.3 is 0 Å². The Bertz CT molecular complexity index is 296. The molecule has 0 rings (SSSR count). The van der Waals surface area contributed by atoms with E-state index in [1.807, 2.05) is 27.7 Å². The Kier molecular flexibility index (Phi) is 5.93. The molecular weight excluding hydrogens is 226 g/mol. The van der Waals surface area contributed by atoms with Gasteiger partial charge in [0.2, 0.25) is 10.0 Å². The molecule has 2 unspecified atom stereocenters. The maximum atomic E-state index is 11.6. The zero-order valence-corrected chi connectivity index (χ0v) is 11.8. The summed E-state index contributed by atoms with van der Waals surface area (Å²) in [4.78, 5) is 0. The quantitative estimate of drug-likeness (QED) is 0.718. The van der Waals surface area contributed by atoms with Crippen molar-refractivity contribution in [3.05, 3.63) is 0 Å². The van der Waals surface area contributed by atoms with Crippen LogP contribution < -0.4 is 4.72 Å². The first kappa shape index (κ1) is 15.9. The highest BCUT2D eigenvalue weighted by atomic mass is 32.2. The van der Waals surface area contributed by atoms with E-state index in [9.17, 15) is 13.5 Å². The molecule has 16 heavy (non-hydrogen) atoms. The third-order valence-electron chi connectivity index (χ3n) is 3.09. The number of hydrogen-bond acceptors (Lipinski definition) is 3. The minimum Gasteiger partial charge on any atom is -0.389 e. The van der Waals surface area contributed by atoms with E-state index >= 15 is 0 Å². The molecule has 0 amide bonds. The predicted molar refractivity (Wildman–Crippen MR) is 66.7 cm³/mol. The van der Waals surface area contributed by atoms with Crippen molar-refractivity contribution in [2.75, 3.05) is 12.3 Å². The first-order valence-corrected chi connectivity index (χ1v) is 7.45. The van der Waals surface area contributed by atoms with Crippen LogP contribution in [0, 0.1) is 11.8 Å². The standard InChI is InChI=1S/C11H25NO3S/c1-6-10(4)7-16(14,15)12-8-11(5,13)9(2)3/h9-10,12-13H,6-8H2,1-5H3. The molecule has 0 aromatic carbocycles. The Morgan fingerprint density at radius 1 is 1.31 bits per heavy atom. The van der Waals surface area contributed by atoms with Crippen molar-refractivity contribution in [3.8, 4) is 0 Å². The van der Waals surface area contributed by atoms with E-state index in [0.717, 1.165) is 6.42 Å². The maximum Gasteiger partial charge on any atom is 0.211 e. The highest BCUT2D eigenvalue weighted by Gasteiger charge is 2.27. The van der Waals surface area contributed by atoms with Crippen molar-refractivity contribution in [1.82, 2.24) is 4.72 Å². The molecule has 2 atom stereocenters. The summed E-state index contributed by atoms with van der Waals surface area (Å²) in [5, 5.41) is 9.92. The van der Waals surface area contributed by atoms with Gasteiger partial charge in [-0.25, -0.2) is 13.1 Å². The van der Waals surface area contributed by atoms with Crippen LogP contribution in [0.15, 0.2) is 0 Å². The molecule has 0 aliphatic carbocycles. The Morgan fingerprint density at radius 3 is 2.19 bits per heavy atom. The summed E-state index contributed by atoms with van der Waals surface area (Å²) in [5.41, 5.74) is -0.997. The number of hydrogen-bond donors (Lipinski definition) is 2. The van der Waals surface area contributed by atoms with Gasteiger partial charge in [-0.05, 0) is 18.8 Å². The fraction of sp³-hybridized carbons (Fsp3) is 1.00. The predicted octanol–water partition coefficient (Wildman–Crippen LogP) is 1.36. The van der Waals surface area contributed by atoms with Crippen LogP contribution in [-0.2, 0) is 10.0 Å². The number of sulfonamides is 1. The van der Waals surface area contributed by atoms with E-state index < -0.39 is 15.6 Å². The van der Waals surface area contributed by atoms with Crippen LogP contribution in [0.3, 0.4) is 0 Å². The van der Waals surface area contributed by atoms with Crippen LogP contribution in [0.5, 0.6) is 0 Å². The largest absolute Gasteiger partial charge is 0.389 e. The van der Waals surface area contributed by atoms with Crippen molar-refractivity contribution < 1.29 is 13.5 Å². The van der Waals surface area contributed by atoms with E-state index in [1.165, 1.54) is 0 Å². The average molecular weight is 251 g/mol. The third kappa shape index (κ3) is 5.82.